The van der Waals surface area contributed by atoms with Gasteiger partial charge >= 0.3 is 0 Å². The maximum atomic E-state index is 12.2. The zero-order chi connectivity index (χ0) is 15.9. The Kier molecular flexibility index (Phi) is 6.23. The van der Waals surface area contributed by atoms with E-state index in [1.165, 1.54) is 36.7 Å². The molecule has 1 aromatic rings. The van der Waals surface area contributed by atoms with E-state index < -0.39 is 0 Å². The Morgan fingerprint density at radius 2 is 1.41 bits per heavy atom. The zero-order valence-corrected chi connectivity index (χ0v) is 13.8. The van der Waals surface area contributed by atoms with Crippen LogP contribution < -0.4 is 0 Å². The van der Waals surface area contributed by atoms with Crippen molar-refractivity contribution in [2.24, 2.45) is 0 Å². The first-order valence-corrected chi connectivity index (χ1v) is 8.64. The third-order valence-electron chi connectivity index (χ3n) is 4.78. The molecule has 0 N–H and O–H groups in total. The molecule has 22 heavy (non-hydrogen) atoms. The summed E-state index contributed by atoms with van der Waals surface area (Å²) < 4.78 is 0. The van der Waals surface area contributed by atoms with Gasteiger partial charge in [-0.15, -0.1) is 0 Å². The summed E-state index contributed by atoms with van der Waals surface area (Å²) in [6.07, 6.45) is 8.30. The van der Waals surface area contributed by atoms with Crippen LogP contribution in [0.4, 0.5) is 0 Å². The molecule has 1 aliphatic heterocycles. The summed E-state index contributed by atoms with van der Waals surface area (Å²) in [7, 11) is 0. The van der Waals surface area contributed by atoms with Gasteiger partial charge in [-0.3, -0.25) is 14.5 Å². The van der Waals surface area contributed by atoms with Crippen molar-refractivity contribution in [3.05, 3.63) is 35.4 Å². The maximum absolute atomic E-state index is 12.2. The topological polar surface area (TPSA) is 37.4 Å². The van der Waals surface area contributed by atoms with Gasteiger partial charge in [0.25, 0.3) is 11.8 Å². The molecule has 0 aliphatic carbocycles. The van der Waals surface area contributed by atoms with Gasteiger partial charge in [0, 0.05) is 6.54 Å². The number of carbonyl (C=O) groups is 2. The van der Waals surface area contributed by atoms with Crippen LogP contribution in [0.2, 0.25) is 19.0 Å². The molecule has 0 saturated carbocycles. The Bertz CT molecular complexity index is 491. The highest BCUT2D eigenvalue weighted by molar-refractivity contribution is 6.58. The van der Waals surface area contributed by atoms with Gasteiger partial charge in [-0.05, 0) is 18.6 Å². The highest BCUT2D eigenvalue weighted by atomic mass is 16.2. The average molecular weight is 299 g/mol. The van der Waals surface area contributed by atoms with Crippen LogP contribution in [0.5, 0.6) is 0 Å². The number of amides is 2. The first-order chi connectivity index (χ1) is 10.7. The lowest BCUT2D eigenvalue weighted by Gasteiger charge is -2.13. The van der Waals surface area contributed by atoms with Crippen molar-refractivity contribution in [3.8, 4) is 0 Å². The number of imide groups is 1. The largest absolute Gasteiger partial charge is 0.274 e. The molecule has 1 aromatic carbocycles. The summed E-state index contributed by atoms with van der Waals surface area (Å²) in [6, 6.07) is 7.10. The summed E-state index contributed by atoms with van der Waals surface area (Å²) in [5.74, 6) is -0.254. The van der Waals surface area contributed by atoms with Crippen molar-refractivity contribution in [1.29, 1.82) is 0 Å². The fourth-order valence-corrected chi connectivity index (χ4v) is 3.20. The molecule has 0 aromatic heterocycles. The first-order valence-electron chi connectivity index (χ1n) is 8.64. The number of hydrogen-bond donors (Lipinski definition) is 0. The molecule has 1 heterocycles. The van der Waals surface area contributed by atoms with E-state index in [4.69, 9.17) is 0 Å². The molecule has 4 heteroatoms. The third-order valence-corrected chi connectivity index (χ3v) is 4.78. The smallest absolute Gasteiger partial charge is 0.261 e. The lowest BCUT2D eigenvalue weighted by Crippen LogP contribution is -2.30. The fraction of sp³-hybridized carbons (Fsp3) is 0.556. The number of fused-ring (bicyclic) bond motifs is 1. The van der Waals surface area contributed by atoms with E-state index >= 15 is 0 Å². The molecular formula is C18H26BNO2. The molecule has 2 rings (SSSR count). The molecule has 0 atom stereocenters. The second-order valence-corrected chi connectivity index (χ2v) is 6.19. The Morgan fingerprint density at radius 1 is 0.864 bits per heavy atom. The van der Waals surface area contributed by atoms with E-state index in [0.717, 1.165) is 19.6 Å². The van der Waals surface area contributed by atoms with Crippen LogP contribution in [0.15, 0.2) is 24.3 Å². The molecule has 118 valence electrons. The maximum Gasteiger partial charge on any atom is 0.261 e. The van der Waals surface area contributed by atoms with Gasteiger partial charge in [0.2, 0.25) is 0 Å². The van der Waals surface area contributed by atoms with Gasteiger partial charge < -0.3 is 0 Å². The molecule has 0 bridgehead atoms. The van der Waals surface area contributed by atoms with Crippen molar-refractivity contribution in [2.45, 2.75) is 58.5 Å². The van der Waals surface area contributed by atoms with Gasteiger partial charge in [-0.1, -0.05) is 64.2 Å². The molecule has 1 aliphatic rings. The standard InChI is InChI=1S/C18H26BNO2/c1-3-19(4-2)13-9-5-6-10-14-20-17(21)15-11-7-8-12-16(15)18(20)22/h7-8,11-12H,3-6,9-10,13-14H2,1-2H3. The second kappa shape index (κ2) is 8.16. The number of hydrogen-bond acceptors (Lipinski definition) is 2. The highest BCUT2D eigenvalue weighted by Gasteiger charge is 2.34. The average Bonchev–Trinajstić information content (AvgIpc) is 2.79. The van der Waals surface area contributed by atoms with Gasteiger partial charge in [0.1, 0.15) is 6.71 Å². The summed E-state index contributed by atoms with van der Waals surface area (Å²) >= 11 is 0. The van der Waals surface area contributed by atoms with E-state index in [9.17, 15) is 9.59 Å². The summed E-state index contributed by atoms with van der Waals surface area (Å²) in [6.45, 7) is 5.93. The number of benzene rings is 1. The van der Waals surface area contributed by atoms with Crippen molar-refractivity contribution in [2.75, 3.05) is 6.54 Å². The van der Waals surface area contributed by atoms with Crippen LogP contribution in [-0.2, 0) is 0 Å². The van der Waals surface area contributed by atoms with Crippen molar-refractivity contribution in [1.82, 2.24) is 4.90 Å². The molecule has 0 saturated heterocycles. The third kappa shape index (κ3) is 3.79. The number of nitrogens with zero attached hydrogens (tertiary/aromatic N) is 1. The van der Waals surface area contributed by atoms with Crippen LogP contribution in [0.1, 0.15) is 60.2 Å². The number of unbranched alkanes of at least 4 members (excludes halogenated alkanes) is 3. The Hall–Kier alpha value is -1.58. The van der Waals surface area contributed by atoms with E-state index in [1.807, 2.05) is 12.1 Å². The van der Waals surface area contributed by atoms with Gasteiger partial charge in [0.05, 0.1) is 11.1 Å². The molecule has 0 fully saturated rings. The Morgan fingerprint density at radius 3 is 1.95 bits per heavy atom. The minimum Gasteiger partial charge on any atom is -0.274 e. The highest BCUT2D eigenvalue weighted by Crippen LogP contribution is 2.23. The fourth-order valence-electron chi connectivity index (χ4n) is 3.20. The van der Waals surface area contributed by atoms with Crippen molar-refractivity contribution in [3.63, 3.8) is 0 Å². The minimum absolute atomic E-state index is 0.127. The van der Waals surface area contributed by atoms with E-state index in [2.05, 4.69) is 13.8 Å². The van der Waals surface area contributed by atoms with Crippen LogP contribution in [0.25, 0.3) is 0 Å². The zero-order valence-electron chi connectivity index (χ0n) is 13.8. The monoisotopic (exact) mass is 299 g/mol. The molecule has 2 amide bonds. The van der Waals surface area contributed by atoms with E-state index in [1.54, 1.807) is 12.1 Å². The lowest BCUT2D eigenvalue weighted by atomic mass is 9.43. The second-order valence-electron chi connectivity index (χ2n) is 6.19. The molecule has 0 unspecified atom stereocenters. The van der Waals surface area contributed by atoms with Gasteiger partial charge in [-0.25, -0.2) is 0 Å². The molecule has 0 radical (unpaired) electrons. The summed E-state index contributed by atoms with van der Waals surface area (Å²) in [5, 5.41) is 0. The summed E-state index contributed by atoms with van der Waals surface area (Å²) in [4.78, 5) is 25.8. The Balaban J connectivity index is 1.71. The van der Waals surface area contributed by atoms with E-state index in [0.29, 0.717) is 17.7 Å². The van der Waals surface area contributed by atoms with Crippen LogP contribution >= 0.6 is 0 Å². The predicted octanol–water partition coefficient (Wildman–Crippen LogP) is 4.38. The van der Waals surface area contributed by atoms with Crippen molar-refractivity contribution < 1.29 is 9.59 Å². The summed E-state index contributed by atoms with van der Waals surface area (Å²) in [5.41, 5.74) is 1.11. The van der Waals surface area contributed by atoms with Gasteiger partial charge in [-0.2, -0.15) is 0 Å². The quantitative estimate of drug-likeness (QED) is 0.385. The molecule has 0 spiro atoms. The van der Waals surface area contributed by atoms with Crippen LogP contribution in [-0.4, -0.2) is 30.0 Å². The van der Waals surface area contributed by atoms with E-state index in [-0.39, 0.29) is 11.8 Å². The predicted molar refractivity (Wildman–Crippen MR) is 91.8 cm³/mol. The SMILES string of the molecule is CCB(CC)CCCCCCN1C(=O)c2ccccc2C1=O. The lowest BCUT2D eigenvalue weighted by molar-refractivity contribution is 0.0651. The normalized spacial score (nSPS) is 13.6. The Labute approximate surface area is 134 Å². The molecule has 3 nitrogen and oxygen atoms in total. The number of carbonyl (C=O) groups excluding carboxylic acids is 2. The van der Waals surface area contributed by atoms with Crippen molar-refractivity contribution >= 4 is 18.5 Å². The molecular weight excluding hydrogens is 273 g/mol. The first kappa shape index (κ1) is 16.8. The minimum atomic E-state index is -0.127. The van der Waals surface area contributed by atoms with Crippen LogP contribution in [0.3, 0.4) is 0 Å². The van der Waals surface area contributed by atoms with Crippen LogP contribution in [0, 0.1) is 0 Å². The number of rotatable bonds is 9. The van der Waals surface area contributed by atoms with Gasteiger partial charge in [0.15, 0.2) is 0 Å².